The van der Waals surface area contributed by atoms with Crippen LogP contribution in [0.2, 0.25) is 0 Å². The van der Waals surface area contributed by atoms with E-state index in [2.05, 4.69) is 42.5 Å². The molecule has 1 rings (SSSR count). The molecule has 0 fully saturated rings. The third-order valence-corrected chi connectivity index (χ3v) is 3.88. The average molecular weight is 378 g/mol. The minimum atomic E-state index is -0.274. The number of carbonyl (C=O) groups is 1. The summed E-state index contributed by atoms with van der Waals surface area (Å²) in [6, 6.07) is 5.75. The lowest BCUT2D eigenvalue weighted by atomic mass is 10.2. The molecule has 0 saturated heterocycles. The monoisotopic (exact) mass is 376 g/mol. The first-order valence-electron chi connectivity index (χ1n) is 5.96. The van der Waals surface area contributed by atoms with Crippen LogP contribution in [0.25, 0.3) is 0 Å². The molecule has 2 atom stereocenters. The van der Waals surface area contributed by atoms with Crippen molar-refractivity contribution in [3.63, 3.8) is 0 Å². The SMILES string of the molecule is CCC(C)NC(=O)C(C)Nc1cc(Br)ccc1Br. The topological polar surface area (TPSA) is 41.1 Å². The van der Waals surface area contributed by atoms with Gasteiger partial charge < -0.3 is 10.6 Å². The summed E-state index contributed by atoms with van der Waals surface area (Å²) >= 11 is 6.87. The van der Waals surface area contributed by atoms with Crippen molar-refractivity contribution >= 4 is 43.5 Å². The normalized spacial score (nSPS) is 13.8. The van der Waals surface area contributed by atoms with Gasteiger partial charge in [0.25, 0.3) is 0 Å². The molecule has 2 unspecified atom stereocenters. The molecule has 5 heteroatoms. The second kappa shape index (κ2) is 7.14. The summed E-state index contributed by atoms with van der Waals surface area (Å²) in [6.07, 6.45) is 0.930. The van der Waals surface area contributed by atoms with Crippen LogP contribution in [0, 0.1) is 0 Å². The summed E-state index contributed by atoms with van der Waals surface area (Å²) < 4.78 is 1.91. The molecule has 0 spiro atoms. The maximum atomic E-state index is 11.9. The van der Waals surface area contributed by atoms with E-state index >= 15 is 0 Å². The van der Waals surface area contributed by atoms with E-state index in [4.69, 9.17) is 0 Å². The highest BCUT2D eigenvalue weighted by Gasteiger charge is 2.15. The Morgan fingerprint density at radius 3 is 2.61 bits per heavy atom. The molecular weight excluding hydrogens is 360 g/mol. The second-order valence-electron chi connectivity index (χ2n) is 4.31. The van der Waals surface area contributed by atoms with Gasteiger partial charge >= 0.3 is 0 Å². The Labute approximate surface area is 125 Å². The molecule has 0 aromatic heterocycles. The number of anilines is 1. The predicted octanol–water partition coefficient (Wildman–Crippen LogP) is 3.93. The van der Waals surface area contributed by atoms with Crippen LogP contribution < -0.4 is 10.6 Å². The lowest BCUT2D eigenvalue weighted by Gasteiger charge is -2.19. The summed E-state index contributed by atoms with van der Waals surface area (Å²) in [5.41, 5.74) is 0.899. The predicted molar refractivity (Wildman–Crippen MR) is 82.8 cm³/mol. The lowest BCUT2D eigenvalue weighted by Crippen LogP contribution is -2.41. The third-order valence-electron chi connectivity index (χ3n) is 2.69. The third kappa shape index (κ3) is 4.61. The molecule has 0 bridgehead atoms. The molecule has 0 heterocycles. The van der Waals surface area contributed by atoms with Gasteiger partial charge in [0.05, 0.1) is 5.69 Å². The average Bonchev–Trinajstić information content (AvgIpc) is 2.33. The molecule has 0 aliphatic heterocycles. The number of carbonyl (C=O) groups excluding carboxylic acids is 1. The van der Waals surface area contributed by atoms with Gasteiger partial charge in [-0.05, 0) is 54.4 Å². The molecule has 18 heavy (non-hydrogen) atoms. The van der Waals surface area contributed by atoms with Gasteiger partial charge in [0.1, 0.15) is 6.04 Å². The summed E-state index contributed by atoms with van der Waals surface area (Å²) in [7, 11) is 0. The fraction of sp³-hybridized carbons (Fsp3) is 0.462. The van der Waals surface area contributed by atoms with Gasteiger partial charge in [-0.2, -0.15) is 0 Å². The second-order valence-corrected chi connectivity index (χ2v) is 6.08. The van der Waals surface area contributed by atoms with Gasteiger partial charge in [-0.3, -0.25) is 4.79 Å². The maximum Gasteiger partial charge on any atom is 0.242 e. The molecule has 1 aromatic rings. The molecule has 0 saturated carbocycles. The Balaban J connectivity index is 2.66. The Morgan fingerprint density at radius 1 is 1.33 bits per heavy atom. The molecule has 0 aliphatic rings. The summed E-state index contributed by atoms with van der Waals surface area (Å²) in [4.78, 5) is 11.9. The standard InChI is InChI=1S/C13H18Br2N2O/c1-4-8(2)16-13(18)9(3)17-12-7-10(14)5-6-11(12)15/h5-9,17H,4H2,1-3H3,(H,16,18). The molecule has 2 N–H and O–H groups in total. The van der Waals surface area contributed by atoms with E-state index in [-0.39, 0.29) is 18.0 Å². The fourth-order valence-electron chi connectivity index (χ4n) is 1.38. The number of hydrogen-bond acceptors (Lipinski definition) is 2. The highest BCUT2D eigenvalue weighted by molar-refractivity contribution is 9.11. The summed E-state index contributed by atoms with van der Waals surface area (Å²) in [5, 5.41) is 6.15. The van der Waals surface area contributed by atoms with E-state index < -0.39 is 0 Å². The van der Waals surface area contributed by atoms with Crippen LogP contribution in [-0.4, -0.2) is 18.0 Å². The number of rotatable bonds is 5. The first-order valence-corrected chi connectivity index (χ1v) is 7.54. The van der Waals surface area contributed by atoms with Gasteiger partial charge in [0.15, 0.2) is 0 Å². The van der Waals surface area contributed by atoms with Crippen LogP contribution in [0.1, 0.15) is 27.2 Å². The molecule has 3 nitrogen and oxygen atoms in total. The zero-order chi connectivity index (χ0) is 13.7. The maximum absolute atomic E-state index is 11.9. The number of nitrogens with one attached hydrogen (secondary N) is 2. The Morgan fingerprint density at radius 2 is 2.00 bits per heavy atom. The van der Waals surface area contributed by atoms with Crippen molar-refractivity contribution < 1.29 is 4.79 Å². The van der Waals surface area contributed by atoms with Crippen LogP contribution in [0.5, 0.6) is 0 Å². The van der Waals surface area contributed by atoms with Crippen LogP contribution in [0.3, 0.4) is 0 Å². The van der Waals surface area contributed by atoms with E-state index in [0.717, 1.165) is 21.1 Å². The zero-order valence-corrected chi connectivity index (χ0v) is 13.9. The molecule has 0 radical (unpaired) electrons. The van der Waals surface area contributed by atoms with Crippen LogP contribution >= 0.6 is 31.9 Å². The molecule has 1 aromatic carbocycles. The largest absolute Gasteiger partial charge is 0.373 e. The van der Waals surface area contributed by atoms with Gasteiger partial charge in [-0.15, -0.1) is 0 Å². The van der Waals surface area contributed by atoms with Crippen LogP contribution in [-0.2, 0) is 4.79 Å². The summed E-state index contributed by atoms with van der Waals surface area (Å²) in [6.45, 7) is 5.90. The molecule has 100 valence electrons. The summed E-state index contributed by atoms with van der Waals surface area (Å²) in [5.74, 6) is 0.0104. The van der Waals surface area contributed by atoms with Crippen molar-refractivity contribution in [2.75, 3.05) is 5.32 Å². The number of amides is 1. The fourth-order valence-corrected chi connectivity index (χ4v) is 2.10. The number of halogens is 2. The van der Waals surface area contributed by atoms with Crippen molar-refractivity contribution in [3.8, 4) is 0 Å². The van der Waals surface area contributed by atoms with Crippen molar-refractivity contribution in [1.82, 2.24) is 5.32 Å². The first-order chi connectivity index (χ1) is 8.43. The van der Waals surface area contributed by atoms with E-state index in [1.807, 2.05) is 39.0 Å². The van der Waals surface area contributed by atoms with E-state index in [1.165, 1.54) is 0 Å². The highest BCUT2D eigenvalue weighted by Crippen LogP contribution is 2.26. The lowest BCUT2D eigenvalue weighted by molar-refractivity contribution is -0.122. The van der Waals surface area contributed by atoms with E-state index in [9.17, 15) is 4.79 Å². The van der Waals surface area contributed by atoms with Crippen LogP contribution in [0.4, 0.5) is 5.69 Å². The smallest absolute Gasteiger partial charge is 0.242 e. The van der Waals surface area contributed by atoms with Gasteiger partial charge in [0.2, 0.25) is 5.91 Å². The van der Waals surface area contributed by atoms with E-state index in [0.29, 0.717) is 0 Å². The zero-order valence-electron chi connectivity index (χ0n) is 10.8. The minimum Gasteiger partial charge on any atom is -0.373 e. The quantitative estimate of drug-likeness (QED) is 0.816. The highest BCUT2D eigenvalue weighted by atomic mass is 79.9. The van der Waals surface area contributed by atoms with Crippen molar-refractivity contribution in [2.24, 2.45) is 0 Å². The molecule has 0 aliphatic carbocycles. The van der Waals surface area contributed by atoms with Crippen molar-refractivity contribution in [1.29, 1.82) is 0 Å². The first kappa shape index (κ1) is 15.5. The van der Waals surface area contributed by atoms with Gasteiger partial charge in [-0.1, -0.05) is 22.9 Å². The van der Waals surface area contributed by atoms with Crippen LogP contribution in [0.15, 0.2) is 27.1 Å². The van der Waals surface area contributed by atoms with Crippen molar-refractivity contribution in [2.45, 2.75) is 39.3 Å². The van der Waals surface area contributed by atoms with Gasteiger partial charge in [-0.25, -0.2) is 0 Å². The van der Waals surface area contributed by atoms with Crippen molar-refractivity contribution in [3.05, 3.63) is 27.1 Å². The Kier molecular flexibility index (Phi) is 6.15. The number of benzene rings is 1. The Hall–Kier alpha value is -0.550. The van der Waals surface area contributed by atoms with Gasteiger partial charge in [0, 0.05) is 15.0 Å². The molecular formula is C13H18Br2N2O. The Bertz CT molecular complexity index is 423. The molecule has 1 amide bonds. The minimum absolute atomic E-state index is 0.0104. The number of hydrogen-bond donors (Lipinski definition) is 2. The van der Waals surface area contributed by atoms with E-state index in [1.54, 1.807) is 0 Å².